The minimum Gasteiger partial charge on any atom is -0.469 e. The molecule has 2 heterocycles. The zero-order valence-electron chi connectivity index (χ0n) is 14.5. The average Bonchev–Trinajstić information content (AvgIpc) is 3.08. The molecule has 0 saturated heterocycles. The van der Waals surface area contributed by atoms with Gasteiger partial charge in [-0.05, 0) is 51.3 Å². The number of furan rings is 1. The van der Waals surface area contributed by atoms with Crippen LogP contribution in [0.3, 0.4) is 0 Å². The molecule has 1 atom stereocenters. The monoisotopic (exact) mass is 328 g/mol. The second-order valence-electron chi connectivity index (χ2n) is 6.13. The Morgan fingerprint density at radius 1 is 1.38 bits per heavy atom. The normalized spacial score (nSPS) is 18.0. The van der Waals surface area contributed by atoms with Crippen LogP contribution >= 0.6 is 0 Å². The van der Waals surface area contributed by atoms with E-state index in [-0.39, 0.29) is 0 Å². The Morgan fingerprint density at radius 2 is 2.17 bits per heavy atom. The summed E-state index contributed by atoms with van der Waals surface area (Å²) < 4.78 is 15.7. The second-order valence-corrected chi connectivity index (χ2v) is 6.13. The molecule has 0 fully saturated rings. The maximum absolute atomic E-state index is 11.8. The zero-order valence-corrected chi connectivity index (χ0v) is 14.5. The first-order valence-corrected chi connectivity index (χ1v) is 8.02. The van der Waals surface area contributed by atoms with Gasteiger partial charge in [0.25, 0.3) is 6.29 Å². The summed E-state index contributed by atoms with van der Waals surface area (Å²) in [5, 5.41) is 0. The molecule has 1 aliphatic rings. The van der Waals surface area contributed by atoms with E-state index in [0.29, 0.717) is 5.57 Å². The van der Waals surface area contributed by atoms with Gasteiger partial charge >= 0.3 is 5.97 Å². The van der Waals surface area contributed by atoms with Gasteiger partial charge < -0.3 is 13.9 Å². The van der Waals surface area contributed by atoms with E-state index in [0.717, 1.165) is 36.2 Å². The molecular formula is C20H24O4. The first kappa shape index (κ1) is 17.9. The number of rotatable bonds is 7. The van der Waals surface area contributed by atoms with Gasteiger partial charge in [0.15, 0.2) is 0 Å². The van der Waals surface area contributed by atoms with Crippen LogP contribution in [0.5, 0.6) is 0 Å². The quantitative estimate of drug-likeness (QED) is 0.411. The van der Waals surface area contributed by atoms with Crippen LogP contribution < -0.4 is 0 Å². The van der Waals surface area contributed by atoms with Crippen molar-refractivity contribution >= 4 is 5.97 Å². The van der Waals surface area contributed by atoms with Crippen LogP contribution in [0.1, 0.15) is 38.0 Å². The molecule has 0 radical (unpaired) electrons. The smallest absolute Gasteiger partial charge is 0.334 e. The van der Waals surface area contributed by atoms with Gasteiger partial charge in [0.1, 0.15) is 5.76 Å². The lowest BCUT2D eigenvalue weighted by Crippen LogP contribution is -2.16. The summed E-state index contributed by atoms with van der Waals surface area (Å²) in [4.78, 5) is 11.8. The Labute approximate surface area is 143 Å². The molecule has 128 valence electrons. The van der Waals surface area contributed by atoms with E-state index in [1.807, 2.05) is 19.9 Å². The van der Waals surface area contributed by atoms with E-state index in [1.165, 1.54) is 17.9 Å². The van der Waals surface area contributed by atoms with E-state index >= 15 is 0 Å². The van der Waals surface area contributed by atoms with E-state index in [2.05, 4.69) is 19.6 Å². The van der Waals surface area contributed by atoms with Gasteiger partial charge in [0, 0.05) is 18.1 Å². The van der Waals surface area contributed by atoms with Gasteiger partial charge in [0.05, 0.1) is 12.5 Å². The van der Waals surface area contributed by atoms with Crippen LogP contribution in [0.4, 0.5) is 0 Å². The highest BCUT2D eigenvalue weighted by molar-refractivity contribution is 5.83. The van der Waals surface area contributed by atoms with Crippen LogP contribution in [0.2, 0.25) is 0 Å². The van der Waals surface area contributed by atoms with Crippen LogP contribution in [-0.4, -0.2) is 12.3 Å². The molecule has 4 heteroatoms. The molecule has 0 aromatic carbocycles. The summed E-state index contributed by atoms with van der Waals surface area (Å²) in [7, 11) is 0. The molecule has 24 heavy (non-hydrogen) atoms. The third-order valence-electron chi connectivity index (χ3n) is 3.64. The van der Waals surface area contributed by atoms with Crippen molar-refractivity contribution in [2.75, 3.05) is 0 Å². The zero-order chi connectivity index (χ0) is 17.5. The predicted octanol–water partition coefficient (Wildman–Crippen LogP) is 4.77. The molecule has 1 aliphatic heterocycles. The molecule has 0 N–H and O–H groups in total. The maximum Gasteiger partial charge on any atom is 0.334 e. The van der Waals surface area contributed by atoms with Crippen LogP contribution in [-0.2, 0) is 20.7 Å². The first-order chi connectivity index (χ1) is 11.4. The number of carbonyl (C=O) groups is 1. The molecule has 0 aliphatic carbocycles. The molecule has 0 spiro atoms. The van der Waals surface area contributed by atoms with Crippen molar-refractivity contribution in [2.24, 2.45) is 0 Å². The molecule has 2 rings (SSSR count). The van der Waals surface area contributed by atoms with Gasteiger partial charge in [0.2, 0.25) is 0 Å². The van der Waals surface area contributed by atoms with Crippen LogP contribution in [0.15, 0.2) is 64.5 Å². The number of ether oxygens (including phenoxy) is 2. The molecular weight excluding hydrogens is 304 g/mol. The van der Waals surface area contributed by atoms with Crippen molar-refractivity contribution in [3.05, 3.63) is 71.4 Å². The number of hydrogen-bond acceptors (Lipinski definition) is 4. The van der Waals surface area contributed by atoms with Crippen molar-refractivity contribution in [3.8, 4) is 0 Å². The number of hydrogen-bond donors (Lipinski definition) is 0. The predicted molar refractivity (Wildman–Crippen MR) is 93.1 cm³/mol. The third kappa shape index (κ3) is 5.61. The van der Waals surface area contributed by atoms with Gasteiger partial charge in [-0.3, -0.25) is 0 Å². The molecule has 0 amide bonds. The first-order valence-electron chi connectivity index (χ1n) is 8.02. The van der Waals surface area contributed by atoms with E-state index in [4.69, 9.17) is 13.9 Å². The number of esters is 1. The molecule has 1 aromatic heterocycles. The number of aryl methyl sites for hydroxylation is 1. The fraction of sp³-hybridized carbons (Fsp3) is 0.350. The van der Waals surface area contributed by atoms with Crippen LogP contribution in [0, 0.1) is 6.92 Å². The third-order valence-corrected chi connectivity index (χ3v) is 3.64. The molecule has 4 nitrogen and oxygen atoms in total. The number of carbonyl (C=O) groups excluding carboxylic acids is 1. The van der Waals surface area contributed by atoms with E-state index in [1.54, 1.807) is 12.3 Å². The topological polar surface area (TPSA) is 48.7 Å². The lowest BCUT2D eigenvalue weighted by atomic mass is 10.1. The van der Waals surface area contributed by atoms with Crippen LogP contribution in [0.25, 0.3) is 0 Å². The van der Waals surface area contributed by atoms with Gasteiger partial charge in [-0.15, -0.1) is 0 Å². The number of allylic oxidation sites excluding steroid dienone is 3. The van der Waals surface area contributed by atoms with E-state index in [9.17, 15) is 4.79 Å². The Bertz CT molecular complexity index is 688. The molecule has 0 bridgehead atoms. The highest BCUT2D eigenvalue weighted by atomic mass is 16.7. The van der Waals surface area contributed by atoms with Crippen molar-refractivity contribution < 1.29 is 18.7 Å². The highest BCUT2D eigenvalue weighted by Gasteiger charge is 2.19. The Kier molecular flexibility index (Phi) is 6.24. The summed E-state index contributed by atoms with van der Waals surface area (Å²) >= 11 is 0. The Hall–Kier alpha value is -2.49. The summed E-state index contributed by atoms with van der Waals surface area (Å²) in [6, 6.07) is 2.05. The Morgan fingerprint density at radius 3 is 2.79 bits per heavy atom. The van der Waals surface area contributed by atoms with Gasteiger partial charge in [-0.25, -0.2) is 4.79 Å². The van der Waals surface area contributed by atoms with Crippen molar-refractivity contribution in [1.29, 1.82) is 0 Å². The minimum absolute atomic E-state index is 0.408. The van der Waals surface area contributed by atoms with Crippen molar-refractivity contribution in [3.63, 3.8) is 0 Å². The maximum atomic E-state index is 11.8. The minimum atomic E-state index is -0.694. The molecule has 1 unspecified atom stereocenters. The van der Waals surface area contributed by atoms with Gasteiger partial charge in [-0.2, -0.15) is 0 Å². The van der Waals surface area contributed by atoms with E-state index < -0.39 is 12.3 Å². The lowest BCUT2D eigenvalue weighted by Gasteiger charge is -2.11. The molecule has 1 aromatic rings. The second kappa shape index (κ2) is 8.39. The average molecular weight is 328 g/mol. The highest BCUT2D eigenvalue weighted by Crippen LogP contribution is 2.17. The largest absolute Gasteiger partial charge is 0.469 e. The standard InChI is InChI=1S/C20H24O4/c1-14(10-18-11-16(3)13-23-18)6-5-7-15(2)12-19(21)24-20-17(4)8-9-22-20/h6,8-9,11-13,20H,4-5,7,10H2,1-3H3. The SMILES string of the molecule is C=C1C=COC1OC(=O)C=C(C)CCC=C(C)Cc1cc(C)co1. The Balaban J connectivity index is 1.74. The lowest BCUT2D eigenvalue weighted by molar-refractivity contribution is -0.155. The van der Waals surface area contributed by atoms with Crippen molar-refractivity contribution in [2.45, 2.75) is 46.3 Å². The molecule has 0 saturated carbocycles. The summed E-state index contributed by atoms with van der Waals surface area (Å²) in [6.45, 7) is 9.77. The summed E-state index contributed by atoms with van der Waals surface area (Å²) in [6.07, 6.45) is 10.4. The fourth-order valence-corrected chi connectivity index (χ4v) is 2.36. The fourth-order valence-electron chi connectivity index (χ4n) is 2.36. The summed E-state index contributed by atoms with van der Waals surface area (Å²) in [5.74, 6) is 0.566. The summed E-state index contributed by atoms with van der Waals surface area (Å²) in [5.41, 5.74) is 4.00. The van der Waals surface area contributed by atoms with Gasteiger partial charge in [-0.1, -0.05) is 23.8 Å². The van der Waals surface area contributed by atoms with Crippen molar-refractivity contribution in [1.82, 2.24) is 0 Å².